The molecule has 0 aliphatic heterocycles. The Morgan fingerprint density at radius 1 is 0.900 bits per heavy atom. The quantitative estimate of drug-likeness (QED) is 0.130. The van der Waals surface area contributed by atoms with Gasteiger partial charge in [0.25, 0.3) is 0 Å². The monoisotopic (exact) mass is 528 g/mol. The average Bonchev–Trinajstić information content (AvgIpc) is 2.56. The van der Waals surface area contributed by atoms with Crippen LogP contribution < -0.4 is 0 Å². The molecule has 0 aromatic heterocycles. The highest BCUT2D eigenvalue weighted by Crippen LogP contribution is 2.57. The summed E-state index contributed by atoms with van der Waals surface area (Å²) in [6.07, 6.45) is 13.2. The number of alkyl halides is 1. The summed E-state index contributed by atoms with van der Waals surface area (Å²) in [7, 11) is -9.91. The lowest BCUT2D eigenvalue weighted by atomic mass is 10.0. The van der Waals surface area contributed by atoms with E-state index in [1.807, 2.05) is 6.92 Å². The maximum absolute atomic E-state index is 11.4. The molecule has 0 saturated heterocycles. The zero-order valence-corrected chi connectivity index (χ0v) is 21.8. The van der Waals surface area contributed by atoms with Crippen molar-refractivity contribution in [1.82, 2.24) is 0 Å². The molecule has 0 amide bonds. The van der Waals surface area contributed by atoms with Crippen LogP contribution in [0.15, 0.2) is 46.6 Å². The molecule has 0 aromatic carbocycles. The van der Waals surface area contributed by atoms with Gasteiger partial charge in [-0.25, -0.2) is 9.13 Å². The number of hydrogen-bond donors (Lipinski definition) is 3. The Hall–Kier alpha value is -0.300. The fourth-order valence-electron chi connectivity index (χ4n) is 2.38. The fraction of sp³-hybridized carbons (Fsp3) is 0.600. The normalized spacial score (nSPS) is 16.9. The molecule has 0 spiro atoms. The van der Waals surface area contributed by atoms with Gasteiger partial charge in [0.2, 0.25) is 0 Å². The van der Waals surface area contributed by atoms with Gasteiger partial charge in [0.1, 0.15) is 0 Å². The molecule has 0 aliphatic carbocycles. The first-order chi connectivity index (χ1) is 13.7. The molecule has 30 heavy (non-hydrogen) atoms. The van der Waals surface area contributed by atoms with Crippen LogP contribution in [0.5, 0.6) is 0 Å². The zero-order valence-electron chi connectivity index (χ0n) is 18.4. The molecular weight excluding hydrogens is 494 g/mol. The third kappa shape index (κ3) is 17.4. The van der Waals surface area contributed by atoms with Crippen LogP contribution in [0.4, 0.5) is 0 Å². The van der Waals surface area contributed by atoms with Gasteiger partial charge in [-0.05, 0) is 66.7 Å². The summed E-state index contributed by atoms with van der Waals surface area (Å²) >= 11 is 3.56. The van der Waals surface area contributed by atoms with Gasteiger partial charge in [-0.15, -0.1) is 0 Å². The molecule has 2 atom stereocenters. The van der Waals surface area contributed by atoms with Gasteiger partial charge >= 0.3 is 15.6 Å². The summed E-state index contributed by atoms with van der Waals surface area (Å²) in [5.74, 6) is 0. The second-order valence-electron chi connectivity index (χ2n) is 7.45. The second kappa shape index (κ2) is 14.7. The van der Waals surface area contributed by atoms with Crippen molar-refractivity contribution >= 4 is 31.6 Å². The van der Waals surface area contributed by atoms with Gasteiger partial charge in [-0.3, -0.25) is 4.52 Å². The number of hydrogen-bond acceptors (Lipinski definition) is 4. The molecule has 10 heteroatoms. The van der Waals surface area contributed by atoms with Crippen LogP contribution in [0.25, 0.3) is 0 Å². The largest absolute Gasteiger partial charge is 0.481 e. The van der Waals surface area contributed by atoms with Crippen LogP contribution in [0.3, 0.4) is 0 Å². The predicted molar refractivity (Wildman–Crippen MR) is 125 cm³/mol. The average molecular weight is 529 g/mol. The molecule has 0 bridgehead atoms. The van der Waals surface area contributed by atoms with Crippen LogP contribution >= 0.6 is 31.6 Å². The minimum atomic E-state index is -5.10. The minimum Gasteiger partial charge on any atom is -0.302 e. The Morgan fingerprint density at radius 2 is 1.43 bits per heavy atom. The van der Waals surface area contributed by atoms with Crippen molar-refractivity contribution in [2.45, 2.75) is 71.5 Å². The number of rotatable bonds is 14. The number of halogens is 1. The first kappa shape index (κ1) is 29.7. The van der Waals surface area contributed by atoms with E-state index in [0.29, 0.717) is 0 Å². The van der Waals surface area contributed by atoms with E-state index in [9.17, 15) is 14.0 Å². The highest BCUT2D eigenvalue weighted by molar-refractivity contribution is 9.09. The molecule has 0 radical (unpaired) electrons. The number of phosphoric acid groups is 2. The van der Waals surface area contributed by atoms with E-state index in [4.69, 9.17) is 9.79 Å². The van der Waals surface area contributed by atoms with Gasteiger partial charge in [-0.2, -0.15) is 4.31 Å². The van der Waals surface area contributed by atoms with Crippen molar-refractivity contribution in [2.24, 2.45) is 0 Å². The maximum atomic E-state index is 11.4. The third-order valence-electron chi connectivity index (χ3n) is 4.14. The Kier molecular flexibility index (Phi) is 14.6. The van der Waals surface area contributed by atoms with E-state index in [1.54, 1.807) is 6.08 Å². The Morgan fingerprint density at radius 3 is 1.97 bits per heavy atom. The second-order valence-corrected chi connectivity index (χ2v) is 11.4. The van der Waals surface area contributed by atoms with E-state index in [1.165, 1.54) is 16.7 Å². The summed E-state index contributed by atoms with van der Waals surface area (Å²) < 4.78 is 30.3. The summed E-state index contributed by atoms with van der Waals surface area (Å²) in [6.45, 7) is 10.0. The van der Waals surface area contributed by atoms with E-state index in [2.05, 4.69) is 70.7 Å². The summed E-state index contributed by atoms with van der Waals surface area (Å²) in [6, 6.07) is 0. The third-order valence-corrected chi connectivity index (χ3v) is 7.39. The summed E-state index contributed by atoms with van der Waals surface area (Å²) in [4.78, 5) is 26.4. The zero-order chi connectivity index (χ0) is 23.4. The van der Waals surface area contributed by atoms with Gasteiger partial charge < -0.3 is 14.7 Å². The Bertz CT molecular complexity index is 746. The topological polar surface area (TPSA) is 113 Å². The Balaban J connectivity index is 4.41. The molecule has 0 fully saturated rings. The lowest BCUT2D eigenvalue weighted by Gasteiger charge is -2.12. The van der Waals surface area contributed by atoms with Crippen LogP contribution in [-0.2, 0) is 18.0 Å². The molecule has 174 valence electrons. The molecular formula is C20H35BrO7P2. The van der Waals surface area contributed by atoms with Crippen molar-refractivity contribution in [2.75, 3.05) is 6.61 Å². The summed E-state index contributed by atoms with van der Waals surface area (Å²) in [5, 5.41) is 0. The van der Waals surface area contributed by atoms with E-state index in [0.717, 1.165) is 37.7 Å². The molecule has 0 heterocycles. The number of phosphoric ester groups is 1. The van der Waals surface area contributed by atoms with Crippen LogP contribution in [0, 0.1) is 0 Å². The van der Waals surface area contributed by atoms with Crippen molar-refractivity contribution < 1.29 is 32.6 Å². The lowest BCUT2D eigenvalue weighted by molar-refractivity contribution is 0.191. The van der Waals surface area contributed by atoms with E-state index >= 15 is 0 Å². The SMILES string of the molecule is CC(C)=CCC/C(C)=C/CC/C(C)=C/C[C@@H](Br)/C(C)=C\COP(=O)(O)OP(=O)(O)O. The highest BCUT2D eigenvalue weighted by Gasteiger charge is 2.31. The van der Waals surface area contributed by atoms with Gasteiger partial charge in [0.15, 0.2) is 0 Å². The van der Waals surface area contributed by atoms with Gasteiger partial charge in [0, 0.05) is 4.83 Å². The molecule has 0 aromatic rings. The smallest absolute Gasteiger partial charge is 0.302 e. The van der Waals surface area contributed by atoms with Crippen molar-refractivity contribution in [3.05, 3.63) is 46.6 Å². The molecule has 7 nitrogen and oxygen atoms in total. The predicted octanol–water partition coefficient (Wildman–Crippen LogP) is 6.73. The van der Waals surface area contributed by atoms with Gasteiger partial charge in [-0.1, -0.05) is 62.5 Å². The van der Waals surface area contributed by atoms with Crippen LogP contribution in [0.1, 0.15) is 66.7 Å². The lowest BCUT2D eigenvalue weighted by Crippen LogP contribution is -2.01. The Labute approximate surface area is 188 Å². The summed E-state index contributed by atoms with van der Waals surface area (Å²) in [5.41, 5.74) is 4.90. The fourth-order valence-corrected chi connectivity index (χ4v) is 4.28. The van der Waals surface area contributed by atoms with E-state index in [-0.39, 0.29) is 11.4 Å². The first-order valence-electron chi connectivity index (χ1n) is 9.71. The molecule has 1 unspecified atom stereocenters. The minimum absolute atomic E-state index is 0.0122. The molecule has 0 rings (SSSR count). The molecule has 3 N–H and O–H groups in total. The highest BCUT2D eigenvalue weighted by atomic mass is 79.9. The first-order valence-corrected chi connectivity index (χ1v) is 13.7. The van der Waals surface area contributed by atoms with Gasteiger partial charge in [0.05, 0.1) is 6.61 Å². The standard InChI is InChI=1S/C20H35BrO7P2/c1-16(2)8-6-9-17(3)10-7-11-18(4)12-13-20(21)19(5)14-15-27-30(25,26)28-29(22,23)24/h8,10,12,14,20H,6-7,9,11,13,15H2,1-5H3,(H,25,26)(H2,22,23,24)/b17-10+,18-12+,19-14-/t20-/m1/s1. The van der Waals surface area contributed by atoms with Crippen molar-refractivity contribution in [3.8, 4) is 0 Å². The van der Waals surface area contributed by atoms with Crippen LogP contribution in [0.2, 0.25) is 0 Å². The van der Waals surface area contributed by atoms with E-state index < -0.39 is 15.6 Å². The maximum Gasteiger partial charge on any atom is 0.481 e. The van der Waals surface area contributed by atoms with Crippen molar-refractivity contribution in [3.63, 3.8) is 0 Å². The van der Waals surface area contributed by atoms with Crippen molar-refractivity contribution in [1.29, 1.82) is 0 Å². The van der Waals surface area contributed by atoms with Crippen LogP contribution in [-0.4, -0.2) is 26.1 Å². The molecule has 0 saturated carbocycles. The number of allylic oxidation sites excluding steroid dienone is 7. The molecule has 0 aliphatic rings.